The minimum absolute atomic E-state index is 0.0686. The molecular weight excluding hydrogens is 396 g/mol. The maximum atomic E-state index is 12.8. The monoisotopic (exact) mass is 428 g/mol. The number of carbonyl (C=O) groups excluding carboxylic acids is 1. The van der Waals surface area contributed by atoms with Gasteiger partial charge in [0.05, 0.1) is 11.2 Å². The van der Waals surface area contributed by atoms with Crippen molar-refractivity contribution in [1.82, 2.24) is 15.3 Å². The lowest BCUT2D eigenvalue weighted by atomic mass is 9.95. The van der Waals surface area contributed by atoms with Crippen molar-refractivity contribution in [3.8, 4) is 0 Å². The van der Waals surface area contributed by atoms with Gasteiger partial charge in [-0.05, 0) is 73.8 Å². The van der Waals surface area contributed by atoms with Gasteiger partial charge in [-0.2, -0.15) is 0 Å². The van der Waals surface area contributed by atoms with E-state index in [0.717, 1.165) is 49.5 Å². The second-order valence-electron chi connectivity index (χ2n) is 9.42. The molecule has 1 amide bonds. The first-order valence-corrected chi connectivity index (χ1v) is 12.0. The minimum atomic E-state index is 0.0686. The average molecular weight is 429 g/mol. The highest BCUT2D eigenvalue weighted by atomic mass is 16.1. The zero-order valence-electron chi connectivity index (χ0n) is 19.1. The summed E-state index contributed by atoms with van der Waals surface area (Å²) in [5.74, 6) is 1.37. The fourth-order valence-corrected chi connectivity index (χ4v) is 5.12. The molecule has 0 bridgehead atoms. The Morgan fingerprint density at radius 1 is 1.09 bits per heavy atom. The lowest BCUT2D eigenvalue weighted by molar-refractivity contribution is -0.125. The van der Waals surface area contributed by atoms with E-state index in [1.807, 2.05) is 18.2 Å². The molecule has 32 heavy (non-hydrogen) atoms. The maximum Gasteiger partial charge on any atom is 0.226 e. The molecular formula is C27H32N4O. The summed E-state index contributed by atoms with van der Waals surface area (Å²) < 4.78 is 0. The molecule has 0 unspecified atom stereocenters. The summed E-state index contributed by atoms with van der Waals surface area (Å²) in [5, 5.41) is 4.35. The van der Waals surface area contributed by atoms with Gasteiger partial charge in [0, 0.05) is 30.9 Å². The van der Waals surface area contributed by atoms with Crippen LogP contribution in [0.1, 0.15) is 54.5 Å². The number of amides is 1. The molecule has 2 aliphatic rings. The van der Waals surface area contributed by atoms with Crippen LogP contribution in [0.5, 0.6) is 0 Å². The van der Waals surface area contributed by atoms with E-state index in [4.69, 9.17) is 9.97 Å². The SMILES string of the molecule is Cc1nc(N2CCC(C(=O)NC[C@@H](C)c3ccccc3)CC2)nc2cc3c(cc12)CCC3. The molecule has 2 aromatic carbocycles. The average Bonchev–Trinajstić information content (AvgIpc) is 3.29. The maximum absolute atomic E-state index is 12.8. The van der Waals surface area contributed by atoms with Crippen molar-refractivity contribution < 1.29 is 4.79 Å². The normalized spacial score (nSPS) is 17.4. The van der Waals surface area contributed by atoms with Crippen LogP contribution in [0.2, 0.25) is 0 Å². The Labute approximate surface area is 190 Å². The van der Waals surface area contributed by atoms with Gasteiger partial charge in [0.25, 0.3) is 0 Å². The first kappa shape index (κ1) is 20.9. The number of benzene rings is 2. The molecule has 5 nitrogen and oxygen atoms in total. The molecule has 0 saturated carbocycles. The number of hydrogen-bond donors (Lipinski definition) is 1. The smallest absolute Gasteiger partial charge is 0.226 e. The van der Waals surface area contributed by atoms with E-state index in [1.165, 1.54) is 34.9 Å². The summed E-state index contributed by atoms with van der Waals surface area (Å²) in [6.45, 7) is 6.57. The highest BCUT2D eigenvalue weighted by molar-refractivity contribution is 5.84. The third kappa shape index (κ3) is 4.21. The van der Waals surface area contributed by atoms with Crippen LogP contribution >= 0.6 is 0 Å². The Balaban J connectivity index is 1.20. The van der Waals surface area contributed by atoms with Gasteiger partial charge in [-0.25, -0.2) is 9.97 Å². The minimum Gasteiger partial charge on any atom is -0.355 e. The van der Waals surface area contributed by atoms with Crippen LogP contribution in [0, 0.1) is 12.8 Å². The van der Waals surface area contributed by atoms with Gasteiger partial charge >= 0.3 is 0 Å². The molecule has 1 saturated heterocycles. The third-order valence-corrected chi connectivity index (χ3v) is 7.19. The summed E-state index contributed by atoms with van der Waals surface area (Å²) in [4.78, 5) is 24.7. The van der Waals surface area contributed by atoms with Crippen molar-refractivity contribution in [2.45, 2.75) is 51.9 Å². The molecule has 1 N–H and O–H groups in total. The third-order valence-electron chi connectivity index (χ3n) is 7.19. The standard InChI is InChI=1S/C27H32N4O/c1-18(20-7-4-3-5-8-20)17-28-26(32)21-11-13-31(14-12-21)27-29-19(2)24-15-22-9-6-10-23(22)16-25(24)30-27/h3-5,7-8,15-16,18,21H,6,9-14,17H2,1-2H3,(H,28,32)/t18-/m1/s1. The van der Waals surface area contributed by atoms with Crippen molar-refractivity contribution in [2.75, 3.05) is 24.5 Å². The Bertz CT molecular complexity index is 1120. The lowest BCUT2D eigenvalue weighted by Crippen LogP contribution is -2.42. The fraction of sp³-hybridized carbons (Fsp3) is 0.444. The van der Waals surface area contributed by atoms with E-state index < -0.39 is 0 Å². The van der Waals surface area contributed by atoms with Crippen LogP contribution in [-0.2, 0) is 17.6 Å². The van der Waals surface area contributed by atoms with Crippen molar-refractivity contribution in [3.05, 3.63) is 64.8 Å². The predicted octanol–water partition coefficient (Wildman–Crippen LogP) is 4.56. The molecule has 1 atom stereocenters. The Morgan fingerprint density at radius 3 is 2.56 bits per heavy atom. The quantitative estimate of drug-likeness (QED) is 0.647. The number of anilines is 1. The zero-order valence-corrected chi connectivity index (χ0v) is 19.1. The first-order valence-electron chi connectivity index (χ1n) is 12.0. The van der Waals surface area contributed by atoms with Gasteiger partial charge in [0.1, 0.15) is 0 Å². The van der Waals surface area contributed by atoms with Crippen molar-refractivity contribution in [2.24, 2.45) is 5.92 Å². The molecule has 1 aliphatic heterocycles. The van der Waals surface area contributed by atoms with Gasteiger partial charge in [-0.15, -0.1) is 0 Å². The van der Waals surface area contributed by atoms with E-state index in [-0.39, 0.29) is 11.8 Å². The second-order valence-corrected chi connectivity index (χ2v) is 9.42. The van der Waals surface area contributed by atoms with E-state index in [2.05, 4.69) is 48.3 Å². The van der Waals surface area contributed by atoms with Gasteiger partial charge in [-0.3, -0.25) is 4.79 Å². The van der Waals surface area contributed by atoms with E-state index >= 15 is 0 Å². The summed E-state index contributed by atoms with van der Waals surface area (Å²) >= 11 is 0. The largest absolute Gasteiger partial charge is 0.355 e. The molecule has 1 aromatic heterocycles. The van der Waals surface area contributed by atoms with Crippen LogP contribution < -0.4 is 10.2 Å². The van der Waals surface area contributed by atoms with E-state index in [1.54, 1.807) is 0 Å². The molecule has 2 heterocycles. The van der Waals surface area contributed by atoms with Crippen molar-refractivity contribution in [3.63, 3.8) is 0 Å². The number of nitrogens with one attached hydrogen (secondary N) is 1. The summed E-state index contributed by atoms with van der Waals surface area (Å²) in [6, 6.07) is 14.9. The summed E-state index contributed by atoms with van der Waals surface area (Å²) in [6.07, 6.45) is 5.26. The van der Waals surface area contributed by atoms with Gasteiger partial charge in [0.15, 0.2) is 0 Å². The molecule has 1 fully saturated rings. The molecule has 5 rings (SSSR count). The topological polar surface area (TPSA) is 58.1 Å². The Kier molecular flexibility index (Phi) is 5.81. The number of aromatic nitrogens is 2. The highest BCUT2D eigenvalue weighted by Crippen LogP contribution is 2.30. The number of nitrogens with zero attached hydrogens (tertiary/aromatic N) is 3. The Morgan fingerprint density at radius 2 is 1.81 bits per heavy atom. The predicted molar refractivity (Wildman–Crippen MR) is 129 cm³/mol. The van der Waals surface area contributed by atoms with Crippen molar-refractivity contribution >= 4 is 22.8 Å². The number of piperidine rings is 1. The summed E-state index contributed by atoms with van der Waals surface area (Å²) in [7, 11) is 0. The highest BCUT2D eigenvalue weighted by Gasteiger charge is 2.27. The number of fused-ring (bicyclic) bond motifs is 2. The molecule has 166 valence electrons. The molecule has 1 aliphatic carbocycles. The number of aryl methyl sites for hydroxylation is 3. The van der Waals surface area contributed by atoms with Gasteiger partial charge in [-0.1, -0.05) is 37.3 Å². The molecule has 0 radical (unpaired) electrons. The van der Waals surface area contributed by atoms with Gasteiger partial charge in [0.2, 0.25) is 11.9 Å². The zero-order chi connectivity index (χ0) is 22.1. The summed E-state index contributed by atoms with van der Waals surface area (Å²) in [5.41, 5.74) is 6.28. The van der Waals surface area contributed by atoms with E-state index in [0.29, 0.717) is 12.5 Å². The van der Waals surface area contributed by atoms with Crippen LogP contribution in [0.3, 0.4) is 0 Å². The van der Waals surface area contributed by atoms with Gasteiger partial charge < -0.3 is 10.2 Å². The Hall–Kier alpha value is -2.95. The number of rotatable bonds is 5. The second kappa shape index (κ2) is 8.89. The molecule has 0 spiro atoms. The van der Waals surface area contributed by atoms with Crippen LogP contribution in [0.4, 0.5) is 5.95 Å². The van der Waals surface area contributed by atoms with Crippen LogP contribution in [0.25, 0.3) is 10.9 Å². The van der Waals surface area contributed by atoms with Crippen molar-refractivity contribution in [1.29, 1.82) is 0 Å². The first-order chi connectivity index (χ1) is 15.6. The number of carbonyl (C=O) groups is 1. The van der Waals surface area contributed by atoms with Crippen LogP contribution in [-0.4, -0.2) is 35.5 Å². The lowest BCUT2D eigenvalue weighted by Gasteiger charge is -2.31. The number of hydrogen-bond acceptors (Lipinski definition) is 4. The molecule has 5 heteroatoms. The van der Waals surface area contributed by atoms with Crippen LogP contribution in [0.15, 0.2) is 42.5 Å². The fourth-order valence-electron chi connectivity index (χ4n) is 5.12. The molecule has 3 aromatic rings. The van der Waals surface area contributed by atoms with E-state index in [9.17, 15) is 4.79 Å².